The number of nitrogens with one attached hydrogen (secondary N) is 1. The first-order valence-corrected chi connectivity index (χ1v) is 7.15. The lowest BCUT2D eigenvalue weighted by Gasteiger charge is -2.11. The number of aromatic amines is 1. The molecule has 0 unspecified atom stereocenters. The van der Waals surface area contributed by atoms with E-state index in [1.165, 1.54) is 0 Å². The highest BCUT2D eigenvalue weighted by atomic mass is 32.1. The molecule has 0 radical (unpaired) electrons. The quantitative estimate of drug-likeness (QED) is 0.708. The fourth-order valence-corrected chi connectivity index (χ4v) is 2.49. The van der Waals surface area contributed by atoms with Crippen LogP contribution in [0.1, 0.15) is 11.1 Å². The van der Waals surface area contributed by atoms with Crippen LogP contribution in [0.5, 0.6) is 0 Å². The second kappa shape index (κ2) is 5.58. The van der Waals surface area contributed by atoms with E-state index in [1.807, 2.05) is 44.3 Å². The van der Waals surface area contributed by atoms with Gasteiger partial charge in [0.1, 0.15) is 10.5 Å². The first kappa shape index (κ1) is 13.6. The Labute approximate surface area is 128 Å². The van der Waals surface area contributed by atoms with Gasteiger partial charge in [0.2, 0.25) is 0 Å². The average Bonchev–Trinajstić information content (AvgIpc) is 2.51. The summed E-state index contributed by atoms with van der Waals surface area (Å²) in [5.41, 5.74) is 5.21. The summed E-state index contributed by atoms with van der Waals surface area (Å²) in [5, 5.41) is 0. The van der Waals surface area contributed by atoms with Crippen molar-refractivity contribution in [2.45, 2.75) is 13.8 Å². The van der Waals surface area contributed by atoms with Crippen molar-refractivity contribution in [1.29, 1.82) is 0 Å². The lowest BCUT2D eigenvalue weighted by Crippen LogP contribution is -1.98. The van der Waals surface area contributed by atoms with Crippen molar-refractivity contribution in [3.05, 3.63) is 64.6 Å². The summed E-state index contributed by atoms with van der Waals surface area (Å²) in [4.78, 5) is 12.1. The predicted molar refractivity (Wildman–Crippen MR) is 87.6 cm³/mol. The first-order valence-electron chi connectivity index (χ1n) is 6.74. The van der Waals surface area contributed by atoms with Gasteiger partial charge < -0.3 is 4.98 Å². The van der Waals surface area contributed by atoms with Gasteiger partial charge in [-0.2, -0.15) is 0 Å². The molecule has 0 amide bonds. The molecule has 2 heterocycles. The topological polar surface area (TPSA) is 41.6 Å². The number of H-pyrrole nitrogens is 1. The zero-order valence-corrected chi connectivity index (χ0v) is 12.7. The Morgan fingerprint density at radius 2 is 1.81 bits per heavy atom. The highest BCUT2D eigenvalue weighted by molar-refractivity contribution is 7.71. The third kappa shape index (κ3) is 2.62. The molecule has 2 aromatic heterocycles. The van der Waals surface area contributed by atoms with Crippen LogP contribution in [0.25, 0.3) is 22.6 Å². The summed E-state index contributed by atoms with van der Waals surface area (Å²) in [6.45, 7) is 4.01. The lowest BCUT2D eigenvalue weighted by molar-refractivity contribution is 1.11. The Bertz CT molecular complexity index is 838. The van der Waals surface area contributed by atoms with Crippen LogP contribution in [-0.4, -0.2) is 15.0 Å². The number of aryl methyl sites for hydroxylation is 1. The molecule has 3 rings (SSSR count). The number of nitrogens with zero attached hydrogens (tertiary/aromatic N) is 2. The standard InChI is InChI=1S/C17H15N3S/c1-11-10-18-9-8-14(11)16-19-15(12(2)17(21)20-16)13-6-4-3-5-7-13/h3-10H,1-2H3,(H,19,20,21). The Kier molecular flexibility index (Phi) is 3.62. The van der Waals surface area contributed by atoms with Crippen LogP contribution >= 0.6 is 12.2 Å². The molecular formula is C17H15N3S. The van der Waals surface area contributed by atoms with E-state index in [-0.39, 0.29) is 0 Å². The fraction of sp³-hybridized carbons (Fsp3) is 0.118. The molecular weight excluding hydrogens is 278 g/mol. The summed E-state index contributed by atoms with van der Waals surface area (Å²) in [7, 11) is 0. The number of hydrogen-bond donors (Lipinski definition) is 1. The summed E-state index contributed by atoms with van der Waals surface area (Å²) >= 11 is 5.42. The summed E-state index contributed by atoms with van der Waals surface area (Å²) in [6.07, 6.45) is 3.60. The highest BCUT2D eigenvalue weighted by Gasteiger charge is 2.10. The minimum absolute atomic E-state index is 0.624. The van der Waals surface area contributed by atoms with Gasteiger partial charge in [0.25, 0.3) is 0 Å². The summed E-state index contributed by atoms with van der Waals surface area (Å²) in [6, 6.07) is 12.1. The first-order chi connectivity index (χ1) is 10.2. The number of rotatable bonds is 2. The number of hydrogen-bond acceptors (Lipinski definition) is 3. The minimum atomic E-state index is 0.624. The molecule has 0 aliphatic carbocycles. The van der Waals surface area contributed by atoms with E-state index in [1.54, 1.807) is 6.20 Å². The molecule has 3 nitrogen and oxygen atoms in total. The van der Waals surface area contributed by atoms with Crippen LogP contribution in [0.2, 0.25) is 0 Å². The van der Waals surface area contributed by atoms with Crippen molar-refractivity contribution >= 4 is 12.2 Å². The van der Waals surface area contributed by atoms with E-state index >= 15 is 0 Å². The third-order valence-electron chi connectivity index (χ3n) is 3.49. The Morgan fingerprint density at radius 1 is 1.05 bits per heavy atom. The molecule has 0 atom stereocenters. The highest BCUT2D eigenvalue weighted by Crippen LogP contribution is 2.25. The van der Waals surface area contributed by atoms with E-state index in [0.717, 1.165) is 33.8 Å². The van der Waals surface area contributed by atoms with E-state index in [2.05, 4.69) is 27.1 Å². The zero-order valence-electron chi connectivity index (χ0n) is 11.9. The molecule has 0 saturated carbocycles. The molecule has 0 aliphatic rings. The van der Waals surface area contributed by atoms with E-state index in [4.69, 9.17) is 12.2 Å². The Morgan fingerprint density at radius 3 is 2.52 bits per heavy atom. The second-order valence-corrected chi connectivity index (χ2v) is 5.33. The maximum Gasteiger partial charge on any atom is 0.139 e. The van der Waals surface area contributed by atoms with Crippen molar-refractivity contribution in [1.82, 2.24) is 15.0 Å². The molecule has 0 bridgehead atoms. The number of pyridine rings is 1. The SMILES string of the molecule is Cc1cnccc1-c1nc(=S)c(C)c(-c2ccccc2)[nH]1. The predicted octanol–water partition coefficient (Wildman–Crippen LogP) is 4.49. The molecule has 0 spiro atoms. The van der Waals surface area contributed by atoms with Crippen LogP contribution in [0.15, 0.2) is 48.8 Å². The van der Waals surface area contributed by atoms with E-state index in [9.17, 15) is 0 Å². The van der Waals surface area contributed by atoms with Crippen molar-refractivity contribution < 1.29 is 0 Å². The lowest BCUT2D eigenvalue weighted by atomic mass is 10.1. The number of aromatic nitrogens is 3. The molecule has 4 heteroatoms. The van der Waals surface area contributed by atoms with Gasteiger partial charge in [-0.15, -0.1) is 0 Å². The van der Waals surface area contributed by atoms with Crippen LogP contribution in [0.4, 0.5) is 0 Å². The zero-order chi connectivity index (χ0) is 14.8. The molecule has 0 saturated heterocycles. The van der Waals surface area contributed by atoms with Crippen molar-refractivity contribution in [2.24, 2.45) is 0 Å². The van der Waals surface area contributed by atoms with Gasteiger partial charge in [-0.3, -0.25) is 4.98 Å². The molecule has 3 aromatic rings. The molecule has 21 heavy (non-hydrogen) atoms. The van der Waals surface area contributed by atoms with Gasteiger partial charge in [-0.05, 0) is 31.0 Å². The van der Waals surface area contributed by atoms with Gasteiger partial charge in [0, 0.05) is 23.5 Å². The van der Waals surface area contributed by atoms with Gasteiger partial charge in [-0.1, -0.05) is 42.5 Å². The molecule has 0 fully saturated rings. The van der Waals surface area contributed by atoms with Gasteiger partial charge in [0.05, 0.1) is 5.69 Å². The maximum absolute atomic E-state index is 5.42. The normalized spacial score (nSPS) is 10.6. The third-order valence-corrected chi connectivity index (χ3v) is 3.89. The Hall–Kier alpha value is -2.33. The maximum atomic E-state index is 5.42. The molecule has 0 aliphatic heterocycles. The van der Waals surface area contributed by atoms with Crippen molar-refractivity contribution in [3.63, 3.8) is 0 Å². The van der Waals surface area contributed by atoms with Gasteiger partial charge in [0.15, 0.2) is 0 Å². The van der Waals surface area contributed by atoms with Crippen molar-refractivity contribution in [3.8, 4) is 22.6 Å². The summed E-state index contributed by atoms with van der Waals surface area (Å²) < 4.78 is 0.624. The van der Waals surface area contributed by atoms with E-state index in [0.29, 0.717) is 4.64 Å². The smallest absolute Gasteiger partial charge is 0.139 e. The average molecular weight is 293 g/mol. The molecule has 104 valence electrons. The monoisotopic (exact) mass is 293 g/mol. The van der Waals surface area contributed by atoms with Crippen LogP contribution in [0, 0.1) is 18.5 Å². The largest absolute Gasteiger partial charge is 0.339 e. The van der Waals surface area contributed by atoms with Crippen LogP contribution in [-0.2, 0) is 0 Å². The minimum Gasteiger partial charge on any atom is -0.339 e. The van der Waals surface area contributed by atoms with Crippen LogP contribution in [0.3, 0.4) is 0 Å². The fourth-order valence-electron chi connectivity index (χ4n) is 2.29. The van der Waals surface area contributed by atoms with E-state index < -0.39 is 0 Å². The van der Waals surface area contributed by atoms with Gasteiger partial charge in [-0.25, -0.2) is 4.98 Å². The molecule has 1 N–H and O–H groups in total. The van der Waals surface area contributed by atoms with Crippen LogP contribution < -0.4 is 0 Å². The Balaban J connectivity index is 2.24. The molecule has 1 aromatic carbocycles. The second-order valence-electron chi connectivity index (χ2n) is 4.95. The van der Waals surface area contributed by atoms with Gasteiger partial charge >= 0.3 is 0 Å². The number of benzene rings is 1. The van der Waals surface area contributed by atoms with Crippen molar-refractivity contribution in [2.75, 3.05) is 0 Å². The summed E-state index contributed by atoms with van der Waals surface area (Å²) in [5.74, 6) is 0.782.